The van der Waals surface area contributed by atoms with Gasteiger partial charge in [0.25, 0.3) is 0 Å². The van der Waals surface area contributed by atoms with Crippen LogP contribution in [-0.4, -0.2) is 81.6 Å². The Morgan fingerprint density at radius 1 is 1.03 bits per heavy atom. The average Bonchev–Trinajstić information content (AvgIpc) is 3.54. The van der Waals surface area contributed by atoms with E-state index in [0.29, 0.717) is 43.1 Å². The summed E-state index contributed by atoms with van der Waals surface area (Å²) in [5, 5.41) is 0. The Labute approximate surface area is 219 Å². The normalized spacial score (nSPS) is 29.4. The molecular weight excluding hydrogens is 466 g/mol. The molecule has 37 heavy (non-hydrogen) atoms. The number of carbonyl (C=O) groups excluding carboxylic acids is 2. The molecule has 3 saturated heterocycles. The van der Waals surface area contributed by atoms with Crippen molar-refractivity contribution in [1.82, 2.24) is 24.3 Å². The molecule has 0 spiro atoms. The molecule has 0 aliphatic carbocycles. The van der Waals surface area contributed by atoms with Gasteiger partial charge in [-0.25, -0.2) is 9.78 Å². The van der Waals surface area contributed by atoms with Crippen LogP contribution >= 0.6 is 0 Å². The second-order valence-electron chi connectivity index (χ2n) is 11.5. The summed E-state index contributed by atoms with van der Waals surface area (Å²) in [4.78, 5) is 35.8. The van der Waals surface area contributed by atoms with E-state index in [9.17, 15) is 9.59 Å². The molecule has 0 radical (unpaired) electrons. The van der Waals surface area contributed by atoms with Gasteiger partial charge in [0, 0.05) is 69.3 Å². The first-order valence-corrected chi connectivity index (χ1v) is 13.9. The van der Waals surface area contributed by atoms with Crippen LogP contribution in [0, 0.1) is 12.8 Å². The van der Waals surface area contributed by atoms with Crippen molar-refractivity contribution in [1.29, 1.82) is 0 Å². The van der Waals surface area contributed by atoms with Gasteiger partial charge >= 0.3 is 6.09 Å². The number of aromatic nitrogens is 2. The summed E-state index contributed by atoms with van der Waals surface area (Å²) < 4.78 is 7.45. The molecule has 6 rings (SSSR count). The number of fused-ring (bicyclic) bond motifs is 3. The Morgan fingerprint density at radius 3 is 2.43 bits per heavy atom. The van der Waals surface area contributed by atoms with Crippen LogP contribution in [-0.2, 0) is 22.5 Å². The highest BCUT2D eigenvalue weighted by atomic mass is 16.5. The van der Waals surface area contributed by atoms with Gasteiger partial charge in [-0.05, 0) is 44.1 Å². The van der Waals surface area contributed by atoms with E-state index in [-0.39, 0.29) is 12.0 Å². The molecule has 4 aliphatic heterocycles. The molecule has 4 aliphatic rings. The molecule has 8 heteroatoms. The van der Waals surface area contributed by atoms with Gasteiger partial charge in [-0.1, -0.05) is 30.3 Å². The fourth-order valence-electron chi connectivity index (χ4n) is 7.73. The molecule has 0 saturated carbocycles. The van der Waals surface area contributed by atoms with Crippen LogP contribution in [0.2, 0.25) is 0 Å². The van der Waals surface area contributed by atoms with E-state index >= 15 is 0 Å². The summed E-state index contributed by atoms with van der Waals surface area (Å²) in [6.07, 6.45) is 5.38. The van der Waals surface area contributed by atoms with Crippen molar-refractivity contribution in [3.63, 3.8) is 0 Å². The maximum absolute atomic E-state index is 12.3. The fourth-order valence-corrected chi connectivity index (χ4v) is 7.73. The van der Waals surface area contributed by atoms with E-state index in [2.05, 4.69) is 51.6 Å². The number of imidazole rings is 1. The molecule has 5 heterocycles. The van der Waals surface area contributed by atoms with Gasteiger partial charge in [0.2, 0.25) is 5.91 Å². The number of likely N-dealkylation sites (tertiary alicyclic amines) is 1. The predicted molar refractivity (Wildman–Crippen MR) is 140 cm³/mol. The number of aryl methyl sites for hydroxylation is 1. The Morgan fingerprint density at radius 2 is 1.76 bits per heavy atom. The van der Waals surface area contributed by atoms with Crippen LogP contribution < -0.4 is 0 Å². The number of carbonyl (C=O) groups is 2. The van der Waals surface area contributed by atoms with Gasteiger partial charge in [-0.3, -0.25) is 9.69 Å². The molecule has 1 aromatic carbocycles. The largest absolute Gasteiger partial charge is 0.453 e. The number of piperidine rings is 1. The highest BCUT2D eigenvalue weighted by Gasteiger charge is 2.45. The van der Waals surface area contributed by atoms with E-state index in [1.807, 2.05) is 0 Å². The Hall–Kier alpha value is -2.87. The summed E-state index contributed by atoms with van der Waals surface area (Å²) in [7, 11) is 1.44. The minimum absolute atomic E-state index is 0.191. The number of benzene rings is 1. The molecule has 0 N–H and O–H groups in total. The Bertz CT molecular complexity index is 1150. The summed E-state index contributed by atoms with van der Waals surface area (Å²) in [5.74, 6) is 2.14. The second-order valence-corrected chi connectivity index (χ2v) is 11.5. The van der Waals surface area contributed by atoms with Gasteiger partial charge in [0.15, 0.2) is 0 Å². The summed E-state index contributed by atoms with van der Waals surface area (Å²) in [5.41, 5.74) is 3.71. The molecular formula is C29H39N5O3. The number of methoxy groups -OCH3 is 1. The van der Waals surface area contributed by atoms with Crippen molar-refractivity contribution in [2.75, 3.05) is 33.3 Å². The van der Waals surface area contributed by atoms with E-state index in [0.717, 1.165) is 50.4 Å². The Kier molecular flexibility index (Phi) is 6.47. The maximum Gasteiger partial charge on any atom is 0.409 e. The number of hydrogen-bond acceptors (Lipinski definition) is 5. The van der Waals surface area contributed by atoms with Gasteiger partial charge < -0.3 is 19.1 Å². The van der Waals surface area contributed by atoms with Crippen LogP contribution in [0.4, 0.5) is 4.79 Å². The van der Waals surface area contributed by atoms with Gasteiger partial charge in [-0.15, -0.1) is 0 Å². The maximum atomic E-state index is 12.3. The molecule has 1 unspecified atom stereocenters. The van der Waals surface area contributed by atoms with Crippen molar-refractivity contribution in [2.45, 2.75) is 76.5 Å². The van der Waals surface area contributed by atoms with Crippen molar-refractivity contribution < 1.29 is 14.3 Å². The zero-order valence-corrected chi connectivity index (χ0v) is 22.3. The third-order valence-electron chi connectivity index (χ3n) is 9.45. The van der Waals surface area contributed by atoms with Gasteiger partial charge in [0.05, 0.1) is 19.3 Å². The van der Waals surface area contributed by atoms with E-state index in [1.165, 1.54) is 31.2 Å². The summed E-state index contributed by atoms with van der Waals surface area (Å²) in [6.45, 7) is 7.81. The number of hydrogen-bond donors (Lipinski definition) is 0. The number of rotatable bonds is 4. The second kappa shape index (κ2) is 9.78. The number of ether oxygens (including phenoxy) is 1. The minimum Gasteiger partial charge on any atom is -0.453 e. The first-order valence-electron chi connectivity index (χ1n) is 13.9. The third kappa shape index (κ3) is 4.43. The lowest BCUT2D eigenvalue weighted by atomic mass is 9.87. The van der Waals surface area contributed by atoms with Crippen LogP contribution in [0.15, 0.2) is 30.3 Å². The minimum atomic E-state index is -0.270. The Balaban J connectivity index is 1.18. The molecule has 1 aromatic heterocycles. The highest BCUT2D eigenvalue weighted by Crippen LogP contribution is 2.44. The van der Waals surface area contributed by atoms with Crippen LogP contribution in [0.1, 0.15) is 67.3 Å². The lowest BCUT2D eigenvalue weighted by Crippen LogP contribution is -2.47. The monoisotopic (exact) mass is 505 g/mol. The molecule has 198 valence electrons. The van der Waals surface area contributed by atoms with Crippen molar-refractivity contribution >= 4 is 12.0 Å². The molecule has 3 fully saturated rings. The van der Waals surface area contributed by atoms with Crippen molar-refractivity contribution in [3.05, 3.63) is 53.1 Å². The van der Waals surface area contributed by atoms with E-state index < -0.39 is 0 Å². The van der Waals surface area contributed by atoms with Crippen molar-refractivity contribution in [2.24, 2.45) is 5.92 Å². The topological polar surface area (TPSA) is 70.9 Å². The molecule has 2 bridgehead atoms. The molecule has 2 amide bonds. The van der Waals surface area contributed by atoms with Crippen LogP contribution in [0.5, 0.6) is 0 Å². The SMILES string of the molecule is COC(=O)N1CCc2c(nc(C)n2C2C[C@H]3CC[C@@H](C2)N3C[C@H]2CN(C(C)=O)C[C@@H]2c2ccccc2)C1. The zero-order valence-electron chi connectivity index (χ0n) is 22.3. The van der Waals surface area contributed by atoms with E-state index in [4.69, 9.17) is 9.72 Å². The first kappa shape index (κ1) is 24.5. The van der Waals surface area contributed by atoms with Crippen LogP contribution in [0.25, 0.3) is 0 Å². The van der Waals surface area contributed by atoms with Gasteiger partial charge in [0.1, 0.15) is 5.82 Å². The molecule has 2 aromatic rings. The lowest BCUT2D eigenvalue weighted by Gasteiger charge is -2.42. The highest BCUT2D eigenvalue weighted by molar-refractivity contribution is 5.73. The first-order chi connectivity index (χ1) is 17.9. The zero-order chi connectivity index (χ0) is 25.7. The van der Waals surface area contributed by atoms with E-state index in [1.54, 1.807) is 11.8 Å². The standard InChI is InChI=1S/C29H39N5O3/c1-19-30-27-18-31(29(36)37-3)12-11-28(27)34(19)25-13-23-9-10-24(14-25)33(23)16-22-15-32(20(2)35)17-26(22)21-7-5-4-6-8-21/h4-8,22-26H,9-18H2,1-3H3/t22-,23-,24+,25?,26-/m1/s1. The lowest BCUT2D eigenvalue weighted by molar-refractivity contribution is -0.128. The number of amides is 2. The summed E-state index contributed by atoms with van der Waals surface area (Å²) >= 11 is 0. The third-order valence-corrected chi connectivity index (χ3v) is 9.45. The van der Waals surface area contributed by atoms with Crippen molar-refractivity contribution in [3.8, 4) is 0 Å². The van der Waals surface area contributed by atoms with Gasteiger partial charge in [-0.2, -0.15) is 0 Å². The summed E-state index contributed by atoms with van der Waals surface area (Å²) in [6, 6.07) is 12.4. The number of nitrogens with zero attached hydrogens (tertiary/aromatic N) is 5. The average molecular weight is 506 g/mol. The quantitative estimate of drug-likeness (QED) is 0.633. The fraction of sp³-hybridized carbons (Fsp3) is 0.621. The molecule has 8 nitrogen and oxygen atoms in total. The smallest absolute Gasteiger partial charge is 0.409 e. The van der Waals surface area contributed by atoms with Crippen LogP contribution in [0.3, 0.4) is 0 Å². The predicted octanol–water partition coefficient (Wildman–Crippen LogP) is 3.75. The molecule has 5 atom stereocenters.